The van der Waals surface area contributed by atoms with Crippen molar-refractivity contribution in [2.45, 2.75) is 31.7 Å². The molecule has 0 heterocycles. The predicted molar refractivity (Wildman–Crippen MR) is 67.2 cm³/mol. The van der Waals surface area contributed by atoms with Gasteiger partial charge in [0.15, 0.2) is 0 Å². The number of nitrogens with one attached hydrogen (secondary N) is 1. The molecule has 1 aliphatic carbocycles. The predicted octanol–water partition coefficient (Wildman–Crippen LogP) is 3.25. The summed E-state index contributed by atoms with van der Waals surface area (Å²) in [5.74, 6) is 0.775. The second-order valence-electron chi connectivity index (χ2n) is 4.21. The Balaban J connectivity index is 1.66. The second-order valence-corrected chi connectivity index (χ2v) is 4.62. The smallest absolute Gasteiger partial charge is 0.137 e. The first-order chi connectivity index (χ1) is 7.86. The van der Waals surface area contributed by atoms with Crippen molar-refractivity contribution in [3.63, 3.8) is 0 Å². The third kappa shape index (κ3) is 3.39. The van der Waals surface area contributed by atoms with Gasteiger partial charge in [-0.3, -0.25) is 0 Å². The Morgan fingerprint density at radius 1 is 1.25 bits per heavy atom. The molecule has 0 saturated heterocycles. The number of hydrogen-bond acceptors (Lipinski definition) is 2. The van der Waals surface area contributed by atoms with Crippen molar-refractivity contribution in [1.82, 2.24) is 5.32 Å². The zero-order valence-corrected chi connectivity index (χ0v) is 10.2. The van der Waals surface area contributed by atoms with E-state index in [9.17, 15) is 0 Å². The van der Waals surface area contributed by atoms with Gasteiger partial charge in [-0.05, 0) is 25.0 Å². The Bertz CT molecular complexity index is 323. The van der Waals surface area contributed by atoms with E-state index in [0.717, 1.165) is 12.3 Å². The fourth-order valence-corrected chi connectivity index (χ4v) is 2.31. The molecule has 0 amide bonds. The van der Waals surface area contributed by atoms with Crippen molar-refractivity contribution in [3.8, 4) is 5.75 Å². The quantitative estimate of drug-likeness (QED) is 0.797. The fourth-order valence-electron chi connectivity index (χ4n) is 2.12. The van der Waals surface area contributed by atoms with E-state index in [-0.39, 0.29) is 0 Å². The molecule has 0 aromatic heterocycles. The zero-order chi connectivity index (χ0) is 11.2. The summed E-state index contributed by atoms with van der Waals surface area (Å²) in [6.45, 7) is 1.58. The van der Waals surface area contributed by atoms with Gasteiger partial charge in [-0.1, -0.05) is 36.6 Å². The number of ether oxygens (including phenoxy) is 1. The van der Waals surface area contributed by atoms with Gasteiger partial charge in [-0.2, -0.15) is 0 Å². The van der Waals surface area contributed by atoms with Crippen LogP contribution >= 0.6 is 11.6 Å². The summed E-state index contributed by atoms with van der Waals surface area (Å²) in [5, 5.41) is 4.19. The van der Waals surface area contributed by atoms with Gasteiger partial charge in [0.25, 0.3) is 0 Å². The maximum atomic E-state index is 5.98. The van der Waals surface area contributed by atoms with Crippen LogP contribution in [0, 0.1) is 0 Å². The Hall–Kier alpha value is -0.730. The van der Waals surface area contributed by atoms with Crippen molar-refractivity contribution in [2.24, 2.45) is 0 Å². The first kappa shape index (κ1) is 11.7. The van der Waals surface area contributed by atoms with Crippen LogP contribution in [0.1, 0.15) is 25.7 Å². The Morgan fingerprint density at radius 3 is 2.75 bits per heavy atom. The summed E-state index contributed by atoms with van der Waals surface area (Å²) in [5.41, 5.74) is 0. The molecule has 1 aliphatic rings. The van der Waals surface area contributed by atoms with Crippen LogP contribution in [0.2, 0.25) is 5.02 Å². The summed E-state index contributed by atoms with van der Waals surface area (Å²) in [6, 6.07) is 8.30. The molecule has 88 valence electrons. The van der Waals surface area contributed by atoms with Gasteiger partial charge in [0.2, 0.25) is 0 Å². The lowest BCUT2D eigenvalue weighted by Crippen LogP contribution is -2.30. The van der Waals surface area contributed by atoms with Crippen LogP contribution in [0.3, 0.4) is 0 Å². The van der Waals surface area contributed by atoms with E-state index in [1.54, 1.807) is 0 Å². The van der Waals surface area contributed by atoms with Gasteiger partial charge in [0.05, 0.1) is 5.02 Å². The van der Waals surface area contributed by atoms with Crippen LogP contribution < -0.4 is 10.1 Å². The summed E-state index contributed by atoms with van der Waals surface area (Å²) in [4.78, 5) is 0. The van der Waals surface area contributed by atoms with E-state index in [1.165, 1.54) is 25.7 Å². The molecule has 1 fully saturated rings. The van der Waals surface area contributed by atoms with E-state index in [2.05, 4.69) is 5.32 Å². The number of hydrogen-bond donors (Lipinski definition) is 1. The molecule has 0 atom stereocenters. The summed E-state index contributed by atoms with van der Waals surface area (Å²) in [6.07, 6.45) is 5.35. The van der Waals surface area contributed by atoms with E-state index in [4.69, 9.17) is 16.3 Å². The Labute approximate surface area is 102 Å². The van der Waals surface area contributed by atoms with Crippen molar-refractivity contribution >= 4 is 11.6 Å². The molecule has 0 bridgehead atoms. The summed E-state index contributed by atoms with van der Waals surface area (Å²) in [7, 11) is 0. The molecule has 0 spiro atoms. The third-order valence-electron chi connectivity index (χ3n) is 2.98. The highest BCUT2D eigenvalue weighted by molar-refractivity contribution is 6.32. The van der Waals surface area contributed by atoms with E-state index in [0.29, 0.717) is 17.7 Å². The molecule has 0 aliphatic heterocycles. The molecule has 16 heavy (non-hydrogen) atoms. The monoisotopic (exact) mass is 239 g/mol. The molecule has 1 saturated carbocycles. The number of rotatable bonds is 5. The normalized spacial score (nSPS) is 16.6. The van der Waals surface area contributed by atoms with Crippen LogP contribution in [-0.4, -0.2) is 19.2 Å². The van der Waals surface area contributed by atoms with E-state index in [1.807, 2.05) is 24.3 Å². The minimum absolute atomic E-state index is 0.681. The SMILES string of the molecule is Clc1ccccc1OCCNC1CCCC1. The van der Waals surface area contributed by atoms with E-state index < -0.39 is 0 Å². The summed E-state index contributed by atoms with van der Waals surface area (Å²) >= 11 is 5.98. The lowest BCUT2D eigenvalue weighted by molar-refractivity contribution is 0.305. The zero-order valence-electron chi connectivity index (χ0n) is 9.42. The molecular weight excluding hydrogens is 222 g/mol. The van der Waals surface area contributed by atoms with Gasteiger partial charge in [-0.25, -0.2) is 0 Å². The van der Waals surface area contributed by atoms with Crippen LogP contribution in [0.25, 0.3) is 0 Å². The van der Waals surface area contributed by atoms with Crippen LogP contribution in [0.4, 0.5) is 0 Å². The van der Waals surface area contributed by atoms with Gasteiger partial charge in [0.1, 0.15) is 12.4 Å². The fraction of sp³-hybridized carbons (Fsp3) is 0.538. The standard InChI is InChI=1S/C13H18ClNO/c14-12-7-3-4-8-13(12)16-10-9-15-11-5-1-2-6-11/h3-4,7-8,11,15H,1-2,5-6,9-10H2. The molecule has 1 aromatic rings. The first-order valence-corrected chi connectivity index (χ1v) is 6.35. The maximum Gasteiger partial charge on any atom is 0.137 e. The van der Waals surface area contributed by atoms with Gasteiger partial charge in [0, 0.05) is 12.6 Å². The molecule has 0 unspecified atom stereocenters. The Morgan fingerprint density at radius 2 is 2.00 bits per heavy atom. The second kappa shape index (κ2) is 6.12. The average Bonchev–Trinajstić information content (AvgIpc) is 2.79. The highest BCUT2D eigenvalue weighted by Gasteiger charge is 2.13. The molecule has 2 nitrogen and oxygen atoms in total. The molecule has 1 aromatic carbocycles. The first-order valence-electron chi connectivity index (χ1n) is 5.97. The van der Waals surface area contributed by atoms with E-state index >= 15 is 0 Å². The number of benzene rings is 1. The number of para-hydroxylation sites is 1. The minimum atomic E-state index is 0.681. The summed E-state index contributed by atoms with van der Waals surface area (Å²) < 4.78 is 5.60. The lowest BCUT2D eigenvalue weighted by atomic mass is 10.2. The van der Waals surface area contributed by atoms with Gasteiger partial charge in [-0.15, -0.1) is 0 Å². The minimum Gasteiger partial charge on any atom is -0.491 e. The van der Waals surface area contributed by atoms with Crippen molar-refractivity contribution in [1.29, 1.82) is 0 Å². The largest absolute Gasteiger partial charge is 0.491 e. The molecule has 0 radical (unpaired) electrons. The topological polar surface area (TPSA) is 21.3 Å². The van der Waals surface area contributed by atoms with Crippen LogP contribution in [0.5, 0.6) is 5.75 Å². The van der Waals surface area contributed by atoms with Crippen LogP contribution in [0.15, 0.2) is 24.3 Å². The highest BCUT2D eigenvalue weighted by atomic mass is 35.5. The van der Waals surface area contributed by atoms with Crippen molar-refractivity contribution in [2.75, 3.05) is 13.2 Å². The molecule has 3 heteroatoms. The third-order valence-corrected chi connectivity index (χ3v) is 3.30. The van der Waals surface area contributed by atoms with Crippen molar-refractivity contribution < 1.29 is 4.74 Å². The maximum absolute atomic E-state index is 5.98. The molecule has 2 rings (SSSR count). The van der Waals surface area contributed by atoms with Gasteiger partial charge < -0.3 is 10.1 Å². The van der Waals surface area contributed by atoms with Crippen molar-refractivity contribution in [3.05, 3.63) is 29.3 Å². The van der Waals surface area contributed by atoms with Crippen LogP contribution in [-0.2, 0) is 0 Å². The molecule has 1 N–H and O–H groups in total. The lowest BCUT2D eigenvalue weighted by Gasteiger charge is -2.12. The number of halogens is 1. The average molecular weight is 240 g/mol. The van der Waals surface area contributed by atoms with Gasteiger partial charge >= 0.3 is 0 Å². The highest BCUT2D eigenvalue weighted by Crippen LogP contribution is 2.22. The molecular formula is C13H18ClNO. The Kier molecular flexibility index (Phi) is 4.49.